The summed E-state index contributed by atoms with van der Waals surface area (Å²) in [5.41, 5.74) is 8.38. The first-order chi connectivity index (χ1) is 9.25. The minimum absolute atomic E-state index is 0.0184. The second kappa shape index (κ2) is 5.48. The molecule has 1 heterocycles. The van der Waals surface area contributed by atoms with E-state index in [1.165, 1.54) is 32.1 Å². The van der Waals surface area contributed by atoms with E-state index in [1.54, 1.807) is 0 Å². The van der Waals surface area contributed by atoms with Crippen molar-refractivity contribution in [3.8, 4) is 0 Å². The molecule has 2 N–H and O–H groups in total. The van der Waals surface area contributed by atoms with Crippen molar-refractivity contribution in [3.63, 3.8) is 0 Å². The van der Waals surface area contributed by atoms with Crippen LogP contribution >= 0.6 is 11.6 Å². The Kier molecular flexibility index (Phi) is 3.72. The number of para-hydroxylation sites is 1. The third-order valence-corrected chi connectivity index (χ3v) is 4.52. The summed E-state index contributed by atoms with van der Waals surface area (Å²) in [6.45, 7) is 0. The van der Waals surface area contributed by atoms with Crippen LogP contribution < -0.4 is 5.73 Å². The summed E-state index contributed by atoms with van der Waals surface area (Å²) in [6, 6.07) is 10.2. The molecule has 1 aromatic carbocycles. The Hall–Kier alpha value is -1.12. The van der Waals surface area contributed by atoms with E-state index < -0.39 is 0 Å². The molecule has 1 atom stereocenters. The second-order valence-corrected chi connectivity index (χ2v) is 5.84. The van der Waals surface area contributed by atoms with Crippen LogP contribution in [0.3, 0.4) is 0 Å². The average molecular weight is 275 g/mol. The predicted octanol–water partition coefficient (Wildman–Crippen LogP) is 4.47. The third-order valence-electron chi connectivity index (χ3n) is 4.22. The normalized spacial score (nSPS) is 18.6. The highest BCUT2D eigenvalue weighted by molar-refractivity contribution is 6.30. The molecule has 2 aromatic rings. The molecule has 1 aliphatic rings. The monoisotopic (exact) mass is 274 g/mol. The number of pyridine rings is 1. The first-order valence-electron chi connectivity index (χ1n) is 7.06. The van der Waals surface area contributed by atoms with Gasteiger partial charge in [-0.2, -0.15) is 0 Å². The number of nitrogens with two attached hydrogens (primary N) is 1. The number of benzene rings is 1. The van der Waals surface area contributed by atoms with Crippen LogP contribution in [0.15, 0.2) is 30.3 Å². The van der Waals surface area contributed by atoms with Crippen LogP contribution in [-0.4, -0.2) is 4.98 Å². The molecule has 1 aliphatic carbocycles. The fourth-order valence-electron chi connectivity index (χ4n) is 3.09. The fraction of sp³-hybridized carbons (Fsp3) is 0.438. The van der Waals surface area contributed by atoms with Crippen LogP contribution in [0.5, 0.6) is 0 Å². The number of rotatable bonds is 2. The molecule has 0 aliphatic heterocycles. The molecular formula is C16H19ClN2. The molecule has 2 nitrogen and oxygen atoms in total. The van der Waals surface area contributed by atoms with Crippen molar-refractivity contribution >= 4 is 22.5 Å². The van der Waals surface area contributed by atoms with Crippen molar-refractivity contribution in [2.45, 2.75) is 38.1 Å². The van der Waals surface area contributed by atoms with Gasteiger partial charge >= 0.3 is 0 Å². The van der Waals surface area contributed by atoms with Crippen LogP contribution in [0.4, 0.5) is 0 Å². The highest BCUT2D eigenvalue weighted by atomic mass is 35.5. The van der Waals surface area contributed by atoms with Gasteiger partial charge in [-0.1, -0.05) is 49.1 Å². The van der Waals surface area contributed by atoms with Crippen molar-refractivity contribution in [2.24, 2.45) is 11.7 Å². The van der Waals surface area contributed by atoms with Gasteiger partial charge in [0.25, 0.3) is 0 Å². The van der Waals surface area contributed by atoms with Gasteiger partial charge in [-0.25, -0.2) is 4.98 Å². The number of aromatic nitrogens is 1. The largest absolute Gasteiger partial charge is 0.324 e. The van der Waals surface area contributed by atoms with E-state index in [-0.39, 0.29) is 6.04 Å². The summed E-state index contributed by atoms with van der Waals surface area (Å²) in [6.07, 6.45) is 6.34. The SMILES string of the molecule is N[C@H](c1cc2ccccc2nc1Cl)C1CCCCC1. The Bertz CT molecular complexity index is 576. The van der Waals surface area contributed by atoms with Gasteiger partial charge in [-0.3, -0.25) is 0 Å². The van der Waals surface area contributed by atoms with Crippen LogP contribution in [0.1, 0.15) is 43.7 Å². The maximum atomic E-state index is 6.44. The Morgan fingerprint density at radius 3 is 2.68 bits per heavy atom. The summed E-state index contributed by atoms with van der Waals surface area (Å²) >= 11 is 6.33. The summed E-state index contributed by atoms with van der Waals surface area (Å²) < 4.78 is 0. The van der Waals surface area contributed by atoms with Gasteiger partial charge in [-0.15, -0.1) is 0 Å². The van der Waals surface area contributed by atoms with E-state index in [9.17, 15) is 0 Å². The van der Waals surface area contributed by atoms with Crippen LogP contribution in [0, 0.1) is 5.92 Å². The molecule has 1 saturated carbocycles. The number of halogens is 1. The average Bonchev–Trinajstić information content (AvgIpc) is 2.47. The van der Waals surface area contributed by atoms with Crippen molar-refractivity contribution in [2.75, 3.05) is 0 Å². The van der Waals surface area contributed by atoms with Crippen molar-refractivity contribution in [3.05, 3.63) is 41.0 Å². The minimum Gasteiger partial charge on any atom is -0.324 e. The molecule has 0 unspecified atom stereocenters. The summed E-state index contributed by atoms with van der Waals surface area (Å²) in [5.74, 6) is 0.550. The lowest BCUT2D eigenvalue weighted by Gasteiger charge is -2.28. The van der Waals surface area contributed by atoms with Gasteiger partial charge in [0.2, 0.25) is 0 Å². The first-order valence-corrected chi connectivity index (χ1v) is 7.44. The molecule has 1 fully saturated rings. The van der Waals surface area contributed by atoms with E-state index in [1.807, 2.05) is 18.2 Å². The van der Waals surface area contributed by atoms with Crippen molar-refractivity contribution in [1.82, 2.24) is 4.98 Å². The topological polar surface area (TPSA) is 38.9 Å². The second-order valence-electron chi connectivity index (χ2n) is 5.48. The first kappa shape index (κ1) is 12.9. The van der Waals surface area contributed by atoms with E-state index >= 15 is 0 Å². The third kappa shape index (κ3) is 2.60. The van der Waals surface area contributed by atoms with Crippen LogP contribution in [0.25, 0.3) is 10.9 Å². The molecule has 0 spiro atoms. The van der Waals surface area contributed by atoms with Gasteiger partial charge in [0.15, 0.2) is 0 Å². The number of hydrogen-bond donors (Lipinski definition) is 1. The lowest BCUT2D eigenvalue weighted by atomic mass is 9.82. The Labute approximate surface area is 119 Å². The van der Waals surface area contributed by atoms with Gasteiger partial charge < -0.3 is 5.73 Å². The summed E-state index contributed by atoms with van der Waals surface area (Å²) in [4.78, 5) is 4.48. The predicted molar refractivity (Wildman–Crippen MR) is 80.3 cm³/mol. The van der Waals surface area contributed by atoms with E-state index in [2.05, 4.69) is 17.1 Å². The highest BCUT2D eigenvalue weighted by Gasteiger charge is 2.24. The lowest BCUT2D eigenvalue weighted by molar-refractivity contribution is 0.308. The van der Waals surface area contributed by atoms with Crippen molar-refractivity contribution < 1.29 is 0 Å². The Balaban J connectivity index is 1.96. The zero-order chi connectivity index (χ0) is 13.2. The zero-order valence-corrected chi connectivity index (χ0v) is 11.7. The molecule has 0 radical (unpaired) electrons. The maximum absolute atomic E-state index is 6.44. The molecule has 3 heteroatoms. The molecule has 3 rings (SSSR count). The minimum atomic E-state index is 0.0184. The molecule has 0 bridgehead atoms. The zero-order valence-electron chi connectivity index (χ0n) is 11.0. The van der Waals surface area contributed by atoms with Crippen molar-refractivity contribution in [1.29, 1.82) is 0 Å². The quantitative estimate of drug-likeness (QED) is 0.821. The van der Waals surface area contributed by atoms with E-state index in [4.69, 9.17) is 17.3 Å². The standard InChI is InChI=1S/C16H19ClN2/c17-16-13(15(18)11-6-2-1-3-7-11)10-12-8-4-5-9-14(12)19-16/h4-5,8-11,15H,1-3,6-7,18H2/t15-/m0/s1. The fourth-order valence-corrected chi connectivity index (χ4v) is 3.36. The summed E-state index contributed by atoms with van der Waals surface area (Å²) in [7, 11) is 0. The smallest absolute Gasteiger partial charge is 0.134 e. The highest BCUT2D eigenvalue weighted by Crippen LogP contribution is 2.36. The van der Waals surface area contributed by atoms with Crippen LogP contribution in [0.2, 0.25) is 5.15 Å². The van der Waals surface area contributed by atoms with Gasteiger partial charge in [-0.05, 0) is 30.9 Å². The van der Waals surface area contributed by atoms with Crippen LogP contribution in [-0.2, 0) is 0 Å². The number of fused-ring (bicyclic) bond motifs is 1. The number of hydrogen-bond acceptors (Lipinski definition) is 2. The molecule has 0 amide bonds. The van der Waals surface area contributed by atoms with E-state index in [0.717, 1.165) is 16.5 Å². The van der Waals surface area contributed by atoms with Gasteiger partial charge in [0.05, 0.1) is 5.52 Å². The molecule has 0 saturated heterocycles. The molecule has 19 heavy (non-hydrogen) atoms. The van der Waals surface area contributed by atoms with Gasteiger partial charge in [0, 0.05) is 17.0 Å². The number of nitrogens with zero attached hydrogens (tertiary/aromatic N) is 1. The van der Waals surface area contributed by atoms with Gasteiger partial charge in [0.1, 0.15) is 5.15 Å². The Morgan fingerprint density at radius 2 is 1.89 bits per heavy atom. The molecule has 1 aromatic heterocycles. The Morgan fingerprint density at radius 1 is 1.16 bits per heavy atom. The van der Waals surface area contributed by atoms with E-state index in [0.29, 0.717) is 11.1 Å². The maximum Gasteiger partial charge on any atom is 0.134 e. The molecule has 100 valence electrons. The molecular weight excluding hydrogens is 256 g/mol. The lowest BCUT2D eigenvalue weighted by Crippen LogP contribution is -2.24. The summed E-state index contributed by atoms with van der Waals surface area (Å²) in [5, 5.41) is 1.69.